The van der Waals surface area contributed by atoms with Gasteiger partial charge in [-0.25, -0.2) is 4.39 Å². The van der Waals surface area contributed by atoms with E-state index >= 15 is 0 Å². The molecule has 3 N–H and O–H groups in total. The van der Waals surface area contributed by atoms with Gasteiger partial charge in [-0.3, -0.25) is 4.79 Å². The van der Waals surface area contributed by atoms with E-state index in [0.29, 0.717) is 29.2 Å². The van der Waals surface area contributed by atoms with E-state index < -0.39 is 0 Å². The topological polar surface area (TPSA) is 55.1 Å². The van der Waals surface area contributed by atoms with Gasteiger partial charge in [-0.15, -0.1) is 0 Å². The maximum absolute atomic E-state index is 12.8. The van der Waals surface area contributed by atoms with Crippen molar-refractivity contribution >= 4 is 28.9 Å². The smallest absolute Gasteiger partial charge is 0.228 e. The summed E-state index contributed by atoms with van der Waals surface area (Å²) in [6.07, 6.45) is 4.28. The number of nitrogen functional groups attached to an aromatic ring is 1. The Morgan fingerprint density at radius 2 is 2.16 bits per heavy atom. The summed E-state index contributed by atoms with van der Waals surface area (Å²) in [5, 5.41) is 3.14. The van der Waals surface area contributed by atoms with Crippen LogP contribution in [0.2, 0.25) is 5.02 Å². The van der Waals surface area contributed by atoms with Gasteiger partial charge < -0.3 is 11.1 Å². The standard InChI is InChI=1S/C14H14ClFN2O/c15-12-8-11(5-6-13(12)17)18-14(19)7-9-1-3-10(16)4-2-9/h1,3,5-6,8H,2,4,7,17H2,(H,18,19). The highest BCUT2D eigenvalue weighted by molar-refractivity contribution is 6.33. The van der Waals surface area contributed by atoms with Crippen molar-refractivity contribution in [2.24, 2.45) is 0 Å². The molecular weight excluding hydrogens is 267 g/mol. The lowest BCUT2D eigenvalue weighted by molar-refractivity contribution is -0.115. The Morgan fingerprint density at radius 3 is 2.79 bits per heavy atom. The van der Waals surface area contributed by atoms with Crippen molar-refractivity contribution in [1.82, 2.24) is 0 Å². The van der Waals surface area contributed by atoms with E-state index in [0.717, 1.165) is 5.57 Å². The van der Waals surface area contributed by atoms with Gasteiger partial charge in [-0.05, 0) is 30.7 Å². The van der Waals surface area contributed by atoms with Crippen molar-refractivity contribution in [2.75, 3.05) is 11.1 Å². The Morgan fingerprint density at radius 1 is 1.37 bits per heavy atom. The number of hydrogen-bond acceptors (Lipinski definition) is 2. The highest BCUT2D eigenvalue weighted by atomic mass is 35.5. The van der Waals surface area contributed by atoms with E-state index in [9.17, 15) is 9.18 Å². The van der Waals surface area contributed by atoms with E-state index in [1.165, 1.54) is 6.08 Å². The largest absolute Gasteiger partial charge is 0.398 e. The van der Waals surface area contributed by atoms with Gasteiger partial charge in [-0.2, -0.15) is 0 Å². The van der Waals surface area contributed by atoms with Crippen LogP contribution < -0.4 is 11.1 Å². The Hall–Kier alpha value is -1.81. The SMILES string of the molecule is Nc1ccc(NC(=O)CC2=CC=C(F)CC2)cc1Cl. The van der Waals surface area contributed by atoms with Gasteiger partial charge in [0.1, 0.15) is 5.83 Å². The number of benzene rings is 1. The number of nitrogens with two attached hydrogens (primary N) is 1. The number of carbonyl (C=O) groups excluding carboxylic acids is 1. The average molecular weight is 281 g/mol. The van der Waals surface area contributed by atoms with Crippen molar-refractivity contribution in [3.63, 3.8) is 0 Å². The molecule has 5 heteroatoms. The molecule has 1 amide bonds. The molecule has 1 aromatic rings. The maximum Gasteiger partial charge on any atom is 0.228 e. The van der Waals surface area contributed by atoms with Gasteiger partial charge in [0.2, 0.25) is 5.91 Å². The summed E-state index contributed by atoms with van der Waals surface area (Å²) < 4.78 is 12.8. The second kappa shape index (κ2) is 5.89. The number of carbonyl (C=O) groups is 1. The molecule has 0 unspecified atom stereocenters. The number of amides is 1. The maximum atomic E-state index is 12.8. The summed E-state index contributed by atoms with van der Waals surface area (Å²) >= 11 is 5.87. The molecule has 0 atom stereocenters. The predicted molar refractivity (Wildman–Crippen MR) is 75.6 cm³/mol. The Kier molecular flexibility index (Phi) is 4.22. The number of anilines is 2. The fraction of sp³-hybridized carbons (Fsp3) is 0.214. The summed E-state index contributed by atoms with van der Waals surface area (Å²) in [5.74, 6) is -0.294. The molecule has 1 aromatic carbocycles. The van der Waals surface area contributed by atoms with Crippen LogP contribution in [0.15, 0.2) is 41.8 Å². The van der Waals surface area contributed by atoms with Crippen LogP contribution in [0.25, 0.3) is 0 Å². The molecule has 0 fully saturated rings. The van der Waals surface area contributed by atoms with E-state index in [4.69, 9.17) is 17.3 Å². The summed E-state index contributed by atoms with van der Waals surface area (Å²) in [4.78, 5) is 11.8. The summed E-state index contributed by atoms with van der Waals surface area (Å²) in [6.45, 7) is 0. The average Bonchev–Trinajstić information content (AvgIpc) is 2.37. The molecule has 0 saturated carbocycles. The van der Waals surface area contributed by atoms with Crippen LogP contribution in [-0.4, -0.2) is 5.91 Å². The number of hydrogen-bond donors (Lipinski definition) is 2. The molecule has 0 spiro atoms. The zero-order valence-electron chi connectivity index (χ0n) is 10.2. The van der Waals surface area contributed by atoms with Crippen LogP contribution in [0.1, 0.15) is 19.3 Å². The minimum absolute atomic E-state index is 0.144. The van der Waals surface area contributed by atoms with Crippen molar-refractivity contribution in [1.29, 1.82) is 0 Å². The second-order valence-corrected chi connectivity index (χ2v) is 4.81. The first kappa shape index (κ1) is 13.6. The highest BCUT2D eigenvalue weighted by Crippen LogP contribution is 2.24. The first-order valence-corrected chi connectivity index (χ1v) is 6.31. The Labute approximate surface area is 115 Å². The zero-order valence-corrected chi connectivity index (χ0v) is 11.0. The monoisotopic (exact) mass is 280 g/mol. The molecule has 0 aromatic heterocycles. The molecule has 3 nitrogen and oxygen atoms in total. The van der Waals surface area contributed by atoms with E-state index in [1.807, 2.05) is 0 Å². The normalized spacial score (nSPS) is 14.6. The van der Waals surface area contributed by atoms with Gasteiger partial charge in [0.05, 0.1) is 10.7 Å². The Balaban J connectivity index is 1.96. The van der Waals surface area contributed by atoms with E-state index in [-0.39, 0.29) is 18.2 Å². The van der Waals surface area contributed by atoms with Crippen molar-refractivity contribution < 1.29 is 9.18 Å². The predicted octanol–water partition coefficient (Wildman–Crippen LogP) is 3.82. The third-order valence-corrected chi connectivity index (χ3v) is 3.18. The lowest BCUT2D eigenvalue weighted by Crippen LogP contribution is -2.13. The fourth-order valence-corrected chi connectivity index (χ4v) is 2.00. The number of nitrogens with one attached hydrogen (secondary N) is 1. The summed E-state index contributed by atoms with van der Waals surface area (Å²) in [7, 11) is 0. The third-order valence-electron chi connectivity index (χ3n) is 2.86. The molecule has 2 rings (SSSR count). The van der Waals surface area contributed by atoms with E-state index in [2.05, 4.69) is 5.32 Å². The minimum Gasteiger partial charge on any atom is -0.398 e. The van der Waals surface area contributed by atoms with Gasteiger partial charge in [0.15, 0.2) is 0 Å². The van der Waals surface area contributed by atoms with Gasteiger partial charge in [0.25, 0.3) is 0 Å². The molecule has 0 saturated heterocycles. The first-order valence-electron chi connectivity index (χ1n) is 5.93. The number of allylic oxidation sites excluding steroid dienone is 3. The van der Waals surface area contributed by atoms with Crippen molar-refractivity contribution in [3.8, 4) is 0 Å². The zero-order chi connectivity index (χ0) is 13.8. The molecule has 0 aliphatic heterocycles. The van der Waals surface area contributed by atoms with Crippen LogP contribution in [0, 0.1) is 0 Å². The minimum atomic E-state index is -0.150. The van der Waals surface area contributed by atoms with Crippen LogP contribution in [0.4, 0.5) is 15.8 Å². The molecular formula is C14H14ClFN2O. The number of halogens is 2. The van der Waals surface area contributed by atoms with Crippen LogP contribution in [-0.2, 0) is 4.79 Å². The van der Waals surface area contributed by atoms with E-state index in [1.54, 1.807) is 24.3 Å². The van der Waals surface area contributed by atoms with Gasteiger partial charge >= 0.3 is 0 Å². The lowest BCUT2D eigenvalue weighted by atomic mass is 10.0. The van der Waals surface area contributed by atoms with Crippen molar-refractivity contribution in [3.05, 3.63) is 46.8 Å². The second-order valence-electron chi connectivity index (χ2n) is 4.40. The summed E-state index contributed by atoms with van der Waals surface area (Å²) in [5.41, 5.74) is 7.57. The molecule has 19 heavy (non-hydrogen) atoms. The van der Waals surface area contributed by atoms with Gasteiger partial charge in [-0.1, -0.05) is 23.3 Å². The summed E-state index contributed by atoms with van der Waals surface area (Å²) in [6, 6.07) is 4.92. The van der Waals surface area contributed by atoms with Crippen LogP contribution >= 0.6 is 11.6 Å². The highest BCUT2D eigenvalue weighted by Gasteiger charge is 2.10. The molecule has 100 valence electrons. The van der Waals surface area contributed by atoms with Crippen LogP contribution in [0.5, 0.6) is 0 Å². The molecule has 1 aliphatic carbocycles. The van der Waals surface area contributed by atoms with Gasteiger partial charge in [0, 0.05) is 18.5 Å². The molecule has 0 heterocycles. The quantitative estimate of drug-likeness (QED) is 0.827. The molecule has 0 radical (unpaired) electrons. The van der Waals surface area contributed by atoms with Crippen molar-refractivity contribution in [2.45, 2.75) is 19.3 Å². The number of rotatable bonds is 3. The first-order chi connectivity index (χ1) is 9.04. The molecule has 0 bridgehead atoms. The lowest BCUT2D eigenvalue weighted by Gasteiger charge is -2.11. The third kappa shape index (κ3) is 3.83. The molecule has 1 aliphatic rings. The Bertz CT molecular complexity index is 567. The fourth-order valence-electron chi connectivity index (χ4n) is 1.82. The van der Waals surface area contributed by atoms with Crippen LogP contribution in [0.3, 0.4) is 0 Å².